The number of hydrogen-bond donors (Lipinski definition) is 3. The number of benzene rings is 1. The predicted molar refractivity (Wildman–Crippen MR) is 85.0 cm³/mol. The van der Waals surface area contributed by atoms with E-state index in [-0.39, 0.29) is 5.56 Å². The van der Waals surface area contributed by atoms with E-state index >= 15 is 0 Å². The van der Waals surface area contributed by atoms with Crippen molar-refractivity contribution >= 4 is 38.9 Å². The van der Waals surface area contributed by atoms with Crippen LogP contribution in [0.4, 0.5) is 11.4 Å². The van der Waals surface area contributed by atoms with E-state index in [0.717, 1.165) is 20.8 Å². The Kier molecular flexibility index (Phi) is 3.45. The van der Waals surface area contributed by atoms with Crippen molar-refractivity contribution in [3.63, 3.8) is 0 Å². The van der Waals surface area contributed by atoms with Crippen LogP contribution in [0.5, 0.6) is 0 Å². The summed E-state index contributed by atoms with van der Waals surface area (Å²) in [6.07, 6.45) is 1.38. The molecular formula is C15H13N3O2S. The first-order valence-corrected chi connectivity index (χ1v) is 7.16. The molecule has 3 aromatic rings. The van der Waals surface area contributed by atoms with Gasteiger partial charge in [0.15, 0.2) is 0 Å². The molecule has 6 heteroatoms. The number of pyridine rings is 1. The van der Waals surface area contributed by atoms with Gasteiger partial charge in [-0.15, -0.1) is 11.3 Å². The second kappa shape index (κ2) is 5.41. The minimum atomic E-state index is -1.01. The van der Waals surface area contributed by atoms with Crippen LogP contribution in [0.25, 0.3) is 10.2 Å². The molecule has 2 heterocycles. The third kappa shape index (κ3) is 2.66. The van der Waals surface area contributed by atoms with Gasteiger partial charge in [0.25, 0.3) is 0 Å². The van der Waals surface area contributed by atoms with Gasteiger partial charge in [-0.25, -0.2) is 4.79 Å². The van der Waals surface area contributed by atoms with E-state index in [1.165, 1.54) is 17.5 Å². The van der Waals surface area contributed by atoms with Crippen LogP contribution in [0, 0.1) is 6.92 Å². The maximum absolute atomic E-state index is 11.4. The highest BCUT2D eigenvalue weighted by Gasteiger charge is 2.16. The van der Waals surface area contributed by atoms with Crippen molar-refractivity contribution in [2.75, 3.05) is 10.9 Å². The number of hydrazine groups is 1. The Morgan fingerprint density at radius 1 is 1.24 bits per heavy atom. The molecule has 0 bridgehead atoms. The number of thiophene rings is 1. The van der Waals surface area contributed by atoms with Crippen LogP contribution in [-0.4, -0.2) is 16.1 Å². The van der Waals surface area contributed by atoms with Gasteiger partial charge >= 0.3 is 5.97 Å². The highest BCUT2D eigenvalue weighted by atomic mass is 32.1. The number of fused-ring (bicyclic) bond motifs is 1. The van der Waals surface area contributed by atoms with Gasteiger partial charge < -0.3 is 10.5 Å². The summed E-state index contributed by atoms with van der Waals surface area (Å²) in [6.45, 7) is 1.97. The second-order valence-corrected chi connectivity index (χ2v) is 5.80. The summed E-state index contributed by atoms with van der Waals surface area (Å²) in [5.41, 5.74) is 8.36. The molecule has 0 unspecified atom stereocenters. The molecule has 0 amide bonds. The molecule has 5 nitrogen and oxygen atoms in total. The van der Waals surface area contributed by atoms with Crippen molar-refractivity contribution < 1.29 is 9.90 Å². The first kappa shape index (κ1) is 13.4. The zero-order valence-electron chi connectivity index (χ0n) is 11.3. The lowest BCUT2D eigenvalue weighted by Gasteiger charge is -2.12. The van der Waals surface area contributed by atoms with E-state index < -0.39 is 5.97 Å². The van der Waals surface area contributed by atoms with E-state index in [4.69, 9.17) is 0 Å². The Morgan fingerprint density at radius 3 is 2.71 bits per heavy atom. The summed E-state index contributed by atoms with van der Waals surface area (Å²) in [4.78, 5) is 16.7. The van der Waals surface area contributed by atoms with Crippen LogP contribution in [0.3, 0.4) is 0 Å². The van der Waals surface area contributed by atoms with E-state index in [2.05, 4.69) is 15.8 Å². The summed E-state index contributed by atoms with van der Waals surface area (Å²) < 4.78 is 0.829. The SMILES string of the molecule is Cc1cc2ncc(C(=O)O)c(NNc3ccccc3)c2s1. The number of carboxylic acids is 1. The Morgan fingerprint density at radius 2 is 2.00 bits per heavy atom. The number of anilines is 2. The molecule has 21 heavy (non-hydrogen) atoms. The minimum Gasteiger partial charge on any atom is -0.478 e. The molecule has 3 rings (SSSR count). The molecular weight excluding hydrogens is 286 g/mol. The number of carboxylic acid groups (broad SMARTS) is 1. The summed E-state index contributed by atoms with van der Waals surface area (Å²) in [5, 5.41) is 9.33. The van der Waals surface area contributed by atoms with Crippen molar-refractivity contribution in [3.8, 4) is 0 Å². The van der Waals surface area contributed by atoms with Crippen LogP contribution >= 0.6 is 11.3 Å². The van der Waals surface area contributed by atoms with Gasteiger partial charge in [-0.05, 0) is 25.1 Å². The molecule has 0 aliphatic heterocycles. The zero-order chi connectivity index (χ0) is 14.8. The fourth-order valence-electron chi connectivity index (χ4n) is 2.04. The number of rotatable bonds is 4. The zero-order valence-corrected chi connectivity index (χ0v) is 12.1. The summed E-state index contributed by atoms with van der Waals surface area (Å²) in [6, 6.07) is 11.5. The molecule has 1 aromatic carbocycles. The Bertz CT molecular complexity index is 799. The lowest BCUT2D eigenvalue weighted by Crippen LogP contribution is -2.13. The van der Waals surface area contributed by atoms with Crippen molar-refractivity contribution in [2.24, 2.45) is 0 Å². The summed E-state index contributed by atoms with van der Waals surface area (Å²) in [7, 11) is 0. The quantitative estimate of drug-likeness (QED) is 0.640. The highest BCUT2D eigenvalue weighted by Crippen LogP contribution is 2.33. The van der Waals surface area contributed by atoms with Gasteiger partial charge in [0, 0.05) is 11.1 Å². The molecule has 0 saturated carbocycles. The van der Waals surface area contributed by atoms with E-state index in [0.29, 0.717) is 5.69 Å². The molecule has 0 saturated heterocycles. The molecule has 0 atom stereocenters. The average Bonchev–Trinajstić information content (AvgIpc) is 2.86. The third-order valence-electron chi connectivity index (χ3n) is 3.00. The topological polar surface area (TPSA) is 74.2 Å². The van der Waals surface area contributed by atoms with E-state index in [1.807, 2.05) is 43.3 Å². The van der Waals surface area contributed by atoms with E-state index in [9.17, 15) is 9.90 Å². The largest absolute Gasteiger partial charge is 0.478 e. The van der Waals surface area contributed by atoms with Crippen LogP contribution < -0.4 is 10.9 Å². The molecule has 0 aliphatic carbocycles. The lowest BCUT2D eigenvalue weighted by molar-refractivity contribution is 0.0697. The Balaban J connectivity index is 2.02. The number of carbonyl (C=O) groups is 1. The third-order valence-corrected chi connectivity index (χ3v) is 4.06. The summed E-state index contributed by atoms with van der Waals surface area (Å²) in [5.74, 6) is -1.01. The van der Waals surface area contributed by atoms with Crippen molar-refractivity contribution in [2.45, 2.75) is 6.92 Å². The van der Waals surface area contributed by atoms with Crippen molar-refractivity contribution in [3.05, 3.63) is 53.0 Å². The Labute approximate surface area is 125 Å². The van der Waals surface area contributed by atoms with Gasteiger partial charge in [-0.3, -0.25) is 10.4 Å². The number of nitrogens with zero attached hydrogens (tertiary/aromatic N) is 1. The van der Waals surface area contributed by atoms with Crippen LogP contribution in [0.1, 0.15) is 15.2 Å². The van der Waals surface area contributed by atoms with Crippen LogP contribution in [-0.2, 0) is 0 Å². The highest BCUT2D eigenvalue weighted by molar-refractivity contribution is 7.19. The van der Waals surface area contributed by atoms with E-state index in [1.54, 1.807) is 0 Å². The standard InChI is InChI=1S/C15H13N3O2S/c1-9-7-12-14(21-9)13(11(8-16-12)15(19)20)18-17-10-5-3-2-4-6-10/h2-8,17H,1H3,(H,16,18)(H,19,20). The fourth-order valence-corrected chi connectivity index (χ4v) is 3.01. The number of aromatic carboxylic acids is 1. The predicted octanol–water partition coefficient (Wildman–Crippen LogP) is 3.74. The van der Waals surface area contributed by atoms with Gasteiger partial charge in [-0.2, -0.15) is 0 Å². The minimum absolute atomic E-state index is 0.146. The van der Waals surface area contributed by atoms with Gasteiger partial charge in [0.05, 0.1) is 21.6 Å². The number of aryl methyl sites for hydroxylation is 1. The van der Waals surface area contributed by atoms with Crippen LogP contribution in [0.2, 0.25) is 0 Å². The average molecular weight is 299 g/mol. The van der Waals surface area contributed by atoms with Crippen LogP contribution in [0.15, 0.2) is 42.6 Å². The van der Waals surface area contributed by atoms with Gasteiger partial charge in [-0.1, -0.05) is 18.2 Å². The fraction of sp³-hybridized carbons (Fsp3) is 0.0667. The molecule has 0 fully saturated rings. The number of para-hydroxylation sites is 1. The van der Waals surface area contributed by atoms with Crippen molar-refractivity contribution in [1.82, 2.24) is 4.98 Å². The number of nitrogens with one attached hydrogen (secondary N) is 2. The van der Waals surface area contributed by atoms with Crippen molar-refractivity contribution in [1.29, 1.82) is 0 Å². The Hall–Kier alpha value is -2.60. The smallest absolute Gasteiger partial charge is 0.339 e. The molecule has 0 aliphatic rings. The molecule has 0 radical (unpaired) electrons. The second-order valence-electron chi connectivity index (χ2n) is 4.54. The van der Waals surface area contributed by atoms with Gasteiger partial charge in [0.1, 0.15) is 5.56 Å². The molecule has 2 aromatic heterocycles. The maximum atomic E-state index is 11.4. The molecule has 0 spiro atoms. The maximum Gasteiger partial charge on any atom is 0.339 e. The monoisotopic (exact) mass is 299 g/mol. The van der Waals surface area contributed by atoms with Gasteiger partial charge in [0.2, 0.25) is 0 Å². The molecule has 106 valence electrons. The number of hydrogen-bond acceptors (Lipinski definition) is 5. The first-order chi connectivity index (χ1) is 10.1. The summed E-state index contributed by atoms with van der Waals surface area (Å²) >= 11 is 1.52. The normalized spacial score (nSPS) is 10.5. The number of aromatic nitrogens is 1. The first-order valence-electron chi connectivity index (χ1n) is 6.34. The lowest BCUT2D eigenvalue weighted by atomic mass is 10.2. The molecule has 3 N–H and O–H groups in total.